The molecule has 16 heavy (non-hydrogen) atoms. The molecular formula is C16H36. The molecule has 0 rings (SSSR count). The predicted molar refractivity (Wildman–Crippen MR) is 77.9 cm³/mol. The second-order valence-electron chi connectivity index (χ2n) is 5.64. The first kappa shape index (κ1) is 18.4. The smallest absolute Gasteiger partial charge is 0.0334 e. The van der Waals surface area contributed by atoms with Crippen LogP contribution in [0.5, 0.6) is 0 Å². The first-order chi connectivity index (χ1) is 7.40. The van der Waals surface area contributed by atoms with Gasteiger partial charge in [0.15, 0.2) is 0 Å². The lowest BCUT2D eigenvalue weighted by Gasteiger charge is -2.23. The highest BCUT2D eigenvalue weighted by Crippen LogP contribution is 2.28. The van der Waals surface area contributed by atoms with E-state index in [1.54, 1.807) is 0 Å². The first-order valence-corrected chi connectivity index (χ1v) is 7.40. The van der Waals surface area contributed by atoms with Crippen LogP contribution in [0.15, 0.2) is 0 Å². The van der Waals surface area contributed by atoms with Gasteiger partial charge in [0.2, 0.25) is 0 Å². The van der Waals surface area contributed by atoms with E-state index < -0.39 is 0 Å². The van der Waals surface area contributed by atoms with Crippen molar-refractivity contribution in [1.29, 1.82) is 0 Å². The molecule has 0 bridgehead atoms. The summed E-state index contributed by atoms with van der Waals surface area (Å²) in [5, 5.41) is 0. The fourth-order valence-corrected chi connectivity index (χ4v) is 1.55. The van der Waals surface area contributed by atoms with E-state index in [0.29, 0.717) is 5.41 Å². The van der Waals surface area contributed by atoms with Crippen molar-refractivity contribution in [3.63, 3.8) is 0 Å². The normalized spacial score (nSPS) is 15.0. The molecule has 0 aromatic heterocycles. The molecule has 0 amide bonds. The number of rotatable bonds is 6. The molecule has 0 aromatic rings. The standard InChI is InChI=1S/2C8H18/c1-5-8(4,6-2)7-3;1-5-7(3)8(4)6-2/h5-7H2,1-4H3;7-8H,5-6H2,1-4H3. The van der Waals surface area contributed by atoms with Crippen LogP contribution < -0.4 is 0 Å². The molecule has 0 heterocycles. The molecule has 0 aliphatic carbocycles. The van der Waals surface area contributed by atoms with E-state index in [9.17, 15) is 0 Å². The highest BCUT2D eigenvalue weighted by Gasteiger charge is 2.15. The third-order valence-corrected chi connectivity index (χ3v) is 4.82. The van der Waals surface area contributed by atoms with Gasteiger partial charge in [-0.3, -0.25) is 0 Å². The summed E-state index contributed by atoms with van der Waals surface area (Å²) in [4.78, 5) is 0. The molecule has 0 spiro atoms. The van der Waals surface area contributed by atoms with Crippen molar-refractivity contribution < 1.29 is 0 Å². The van der Waals surface area contributed by atoms with Crippen molar-refractivity contribution in [2.75, 3.05) is 0 Å². The molecule has 0 radical (unpaired) electrons. The summed E-state index contributed by atoms with van der Waals surface area (Å²) in [6.07, 6.45) is 6.62. The van der Waals surface area contributed by atoms with E-state index in [2.05, 4.69) is 55.4 Å². The highest BCUT2D eigenvalue weighted by molar-refractivity contribution is 4.67. The Morgan fingerprint density at radius 3 is 1.00 bits per heavy atom. The van der Waals surface area contributed by atoms with Gasteiger partial charge < -0.3 is 0 Å². The Morgan fingerprint density at radius 2 is 0.938 bits per heavy atom. The Bertz CT molecular complexity index is 117. The Kier molecular flexibility index (Phi) is 11.7. The van der Waals surface area contributed by atoms with Gasteiger partial charge in [0.1, 0.15) is 0 Å². The minimum absolute atomic E-state index is 0.625. The first-order valence-electron chi connectivity index (χ1n) is 7.40. The Balaban J connectivity index is 0. The molecule has 0 saturated heterocycles. The van der Waals surface area contributed by atoms with Crippen LogP contribution in [-0.4, -0.2) is 0 Å². The lowest BCUT2D eigenvalue weighted by atomic mass is 9.82. The van der Waals surface area contributed by atoms with E-state index >= 15 is 0 Å². The van der Waals surface area contributed by atoms with Gasteiger partial charge in [-0.1, -0.05) is 87.5 Å². The molecule has 0 fully saturated rings. The number of hydrogen-bond donors (Lipinski definition) is 0. The van der Waals surface area contributed by atoms with E-state index in [4.69, 9.17) is 0 Å². The maximum atomic E-state index is 2.35. The van der Waals surface area contributed by atoms with Crippen LogP contribution in [0.4, 0.5) is 0 Å². The zero-order valence-electron chi connectivity index (χ0n) is 13.2. The molecule has 0 aromatic carbocycles. The molecule has 0 saturated carbocycles. The van der Waals surface area contributed by atoms with Crippen LogP contribution in [-0.2, 0) is 0 Å². The monoisotopic (exact) mass is 228 g/mol. The molecule has 2 unspecified atom stereocenters. The molecule has 0 heteroatoms. The molecular weight excluding hydrogens is 192 g/mol. The molecule has 100 valence electrons. The van der Waals surface area contributed by atoms with Crippen molar-refractivity contribution >= 4 is 0 Å². The van der Waals surface area contributed by atoms with Crippen molar-refractivity contribution in [1.82, 2.24) is 0 Å². The summed E-state index contributed by atoms with van der Waals surface area (Å²) in [5.74, 6) is 1.83. The quantitative estimate of drug-likeness (QED) is 0.500. The maximum Gasteiger partial charge on any atom is -0.0334 e. The predicted octanol–water partition coefficient (Wildman–Crippen LogP) is 6.30. The zero-order valence-corrected chi connectivity index (χ0v) is 13.2. The van der Waals surface area contributed by atoms with Gasteiger partial charge in [0.25, 0.3) is 0 Å². The van der Waals surface area contributed by atoms with Gasteiger partial charge in [0, 0.05) is 0 Å². The maximum absolute atomic E-state index is 2.35. The minimum atomic E-state index is 0.625. The number of hydrogen-bond acceptors (Lipinski definition) is 0. The van der Waals surface area contributed by atoms with Crippen molar-refractivity contribution in [3.8, 4) is 0 Å². The van der Waals surface area contributed by atoms with Crippen LogP contribution in [0.1, 0.15) is 87.5 Å². The Morgan fingerprint density at radius 1 is 0.688 bits per heavy atom. The van der Waals surface area contributed by atoms with Gasteiger partial charge in [-0.15, -0.1) is 0 Å². The van der Waals surface area contributed by atoms with Crippen LogP contribution in [0, 0.1) is 17.3 Å². The van der Waals surface area contributed by atoms with Crippen LogP contribution in [0.2, 0.25) is 0 Å². The van der Waals surface area contributed by atoms with E-state index in [-0.39, 0.29) is 0 Å². The van der Waals surface area contributed by atoms with Crippen molar-refractivity contribution in [2.45, 2.75) is 87.5 Å². The fraction of sp³-hybridized carbons (Fsp3) is 1.00. The summed E-state index contributed by atoms with van der Waals surface area (Å²) < 4.78 is 0. The third kappa shape index (κ3) is 8.19. The van der Waals surface area contributed by atoms with Crippen LogP contribution in [0.3, 0.4) is 0 Å². The summed E-state index contributed by atoms with van der Waals surface area (Å²) in [5.41, 5.74) is 0.625. The third-order valence-electron chi connectivity index (χ3n) is 4.82. The fourth-order valence-electron chi connectivity index (χ4n) is 1.55. The molecule has 0 nitrogen and oxygen atoms in total. The lowest BCUT2D eigenvalue weighted by Crippen LogP contribution is -2.10. The van der Waals surface area contributed by atoms with Crippen molar-refractivity contribution in [3.05, 3.63) is 0 Å². The second-order valence-corrected chi connectivity index (χ2v) is 5.64. The largest absolute Gasteiger partial charge is 0.0651 e. The van der Waals surface area contributed by atoms with E-state index in [0.717, 1.165) is 11.8 Å². The molecule has 2 atom stereocenters. The van der Waals surface area contributed by atoms with Crippen LogP contribution >= 0.6 is 0 Å². The van der Waals surface area contributed by atoms with E-state index in [1.165, 1.54) is 32.1 Å². The topological polar surface area (TPSA) is 0 Å². The molecule has 0 aliphatic heterocycles. The zero-order chi connectivity index (χ0) is 13.2. The van der Waals surface area contributed by atoms with Gasteiger partial charge in [-0.25, -0.2) is 0 Å². The molecule has 0 aliphatic rings. The van der Waals surface area contributed by atoms with Crippen LogP contribution in [0.25, 0.3) is 0 Å². The molecule has 0 N–H and O–H groups in total. The highest BCUT2D eigenvalue weighted by atomic mass is 14.2. The Labute approximate surface area is 105 Å². The summed E-state index contributed by atoms with van der Waals surface area (Å²) >= 11 is 0. The SMILES string of the molecule is CCC(C)(CC)CC.CCC(C)C(C)CC. The average molecular weight is 228 g/mol. The van der Waals surface area contributed by atoms with Gasteiger partial charge in [-0.05, 0) is 17.3 Å². The lowest BCUT2D eigenvalue weighted by molar-refractivity contribution is 0.286. The van der Waals surface area contributed by atoms with Gasteiger partial charge in [-0.2, -0.15) is 0 Å². The summed E-state index contributed by atoms with van der Waals surface area (Å²) in [7, 11) is 0. The van der Waals surface area contributed by atoms with Crippen molar-refractivity contribution in [2.24, 2.45) is 17.3 Å². The van der Waals surface area contributed by atoms with Gasteiger partial charge >= 0.3 is 0 Å². The summed E-state index contributed by atoms with van der Waals surface area (Å²) in [6.45, 7) is 18.3. The second kappa shape index (κ2) is 10.2. The Hall–Kier alpha value is 0. The average Bonchev–Trinajstić information content (AvgIpc) is 2.36. The van der Waals surface area contributed by atoms with E-state index in [1.807, 2.05) is 0 Å². The minimum Gasteiger partial charge on any atom is -0.0651 e. The summed E-state index contributed by atoms with van der Waals surface area (Å²) in [6, 6.07) is 0. The van der Waals surface area contributed by atoms with Gasteiger partial charge in [0.05, 0.1) is 0 Å².